The molecular formula is C23H26N2O4. The number of benzene rings is 2. The molecule has 1 atom stereocenters. The molecular weight excluding hydrogens is 368 g/mol. The number of hydrogen-bond donors (Lipinski definition) is 1. The molecule has 1 amide bonds. The van der Waals surface area contributed by atoms with Crippen LogP contribution in [0.2, 0.25) is 0 Å². The van der Waals surface area contributed by atoms with Gasteiger partial charge in [0, 0.05) is 18.7 Å². The molecule has 1 fully saturated rings. The van der Waals surface area contributed by atoms with Crippen LogP contribution >= 0.6 is 0 Å². The van der Waals surface area contributed by atoms with Gasteiger partial charge in [0.2, 0.25) is 0 Å². The van der Waals surface area contributed by atoms with Crippen molar-refractivity contribution in [2.75, 3.05) is 33.8 Å². The smallest absolute Gasteiger partial charge is 0.295 e. The van der Waals surface area contributed by atoms with Crippen LogP contribution in [-0.2, 0) is 9.59 Å². The molecule has 0 radical (unpaired) electrons. The minimum Gasteiger partial charge on any atom is -0.507 e. The van der Waals surface area contributed by atoms with Gasteiger partial charge in [-0.2, -0.15) is 0 Å². The van der Waals surface area contributed by atoms with Crippen LogP contribution in [0.15, 0.2) is 60.2 Å². The highest BCUT2D eigenvalue weighted by Gasteiger charge is 2.45. The topological polar surface area (TPSA) is 70.1 Å². The van der Waals surface area contributed by atoms with Crippen molar-refractivity contribution in [2.24, 2.45) is 0 Å². The number of ketones is 1. The third kappa shape index (κ3) is 4.32. The van der Waals surface area contributed by atoms with Crippen molar-refractivity contribution < 1.29 is 19.4 Å². The molecule has 2 aromatic carbocycles. The summed E-state index contributed by atoms with van der Waals surface area (Å²) in [5.74, 6) is -0.702. The van der Waals surface area contributed by atoms with Crippen LogP contribution < -0.4 is 4.74 Å². The summed E-state index contributed by atoms with van der Waals surface area (Å²) in [6, 6.07) is 15.5. The Bertz CT molecular complexity index is 904. The summed E-state index contributed by atoms with van der Waals surface area (Å²) in [7, 11) is 3.82. The number of rotatable bonds is 7. The van der Waals surface area contributed by atoms with Gasteiger partial charge in [-0.05, 0) is 38.7 Å². The number of amides is 1. The number of aliphatic hydroxyl groups excluding tert-OH is 1. The van der Waals surface area contributed by atoms with E-state index in [9.17, 15) is 14.7 Å². The summed E-state index contributed by atoms with van der Waals surface area (Å²) in [6.45, 7) is 3.44. The van der Waals surface area contributed by atoms with Gasteiger partial charge in [0.15, 0.2) is 0 Å². The average Bonchev–Trinajstić information content (AvgIpc) is 2.98. The first-order valence-corrected chi connectivity index (χ1v) is 9.65. The highest BCUT2D eigenvalue weighted by Crippen LogP contribution is 2.39. The van der Waals surface area contributed by atoms with Crippen molar-refractivity contribution in [1.82, 2.24) is 9.80 Å². The van der Waals surface area contributed by atoms with Gasteiger partial charge in [-0.3, -0.25) is 9.59 Å². The molecule has 3 rings (SSSR count). The van der Waals surface area contributed by atoms with Crippen molar-refractivity contribution in [1.29, 1.82) is 0 Å². The van der Waals surface area contributed by atoms with E-state index >= 15 is 0 Å². The Morgan fingerprint density at radius 3 is 2.31 bits per heavy atom. The van der Waals surface area contributed by atoms with Gasteiger partial charge in [0.05, 0.1) is 18.2 Å². The van der Waals surface area contributed by atoms with Crippen LogP contribution in [0.1, 0.15) is 24.1 Å². The summed E-state index contributed by atoms with van der Waals surface area (Å²) in [5, 5.41) is 10.9. The molecule has 0 aliphatic carbocycles. The molecule has 152 valence electrons. The van der Waals surface area contributed by atoms with Gasteiger partial charge in [-0.15, -0.1) is 0 Å². The van der Waals surface area contributed by atoms with E-state index in [2.05, 4.69) is 0 Å². The first kappa shape index (κ1) is 20.6. The van der Waals surface area contributed by atoms with Crippen molar-refractivity contribution in [3.63, 3.8) is 0 Å². The Kier molecular flexibility index (Phi) is 6.34. The SMILES string of the molecule is CCOc1ccc(C2/C(=C(/O)c3ccccc3)C(=O)C(=O)N2CCN(C)C)cc1. The van der Waals surface area contributed by atoms with E-state index in [4.69, 9.17) is 4.74 Å². The number of likely N-dealkylation sites (tertiary alicyclic amines) is 1. The highest BCUT2D eigenvalue weighted by atomic mass is 16.5. The van der Waals surface area contributed by atoms with Crippen LogP contribution in [0.25, 0.3) is 5.76 Å². The van der Waals surface area contributed by atoms with Crippen molar-refractivity contribution in [3.05, 3.63) is 71.3 Å². The lowest BCUT2D eigenvalue weighted by Crippen LogP contribution is -2.35. The van der Waals surface area contributed by atoms with E-state index in [-0.39, 0.29) is 11.3 Å². The summed E-state index contributed by atoms with van der Waals surface area (Å²) < 4.78 is 5.50. The quantitative estimate of drug-likeness (QED) is 0.444. The Labute approximate surface area is 171 Å². The van der Waals surface area contributed by atoms with Gasteiger partial charge in [-0.25, -0.2) is 0 Å². The van der Waals surface area contributed by atoms with E-state index in [0.29, 0.717) is 31.0 Å². The zero-order valence-electron chi connectivity index (χ0n) is 17.0. The van der Waals surface area contributed by atoms with E-state index in [1.54, 1.807) is 24.3 Å². The first-order chi connectivity index (χ1) is 13.9. The van der Waals surface area contributed by atoms with E-state index < -0.39 is 17.7 Å². The summed E-state index contributed by atoms with van der Waals surface area (Å²) in [5.41, 5.74) is 1.38. The minimum absolute atomic E-state index is 0.115. The molecule has 1 aliphatic rings. The fourth-order valence-corrected chi connectivity index (χ4v) is 3.43. The van der Waals surface area contributed by atoms with Crippen molar-refractivity contribution >= 4 is 17.4 Å². The first-order valence-electron chi connectivity index (χ1n) is 9.65. The predicted molar refractivity (Wildman–Crippen MR) is 112 cm³/mol. The number of Topliss-reactive ketones (excluding diaryl/α,β-unsaturated/α-hetero) is 1. The number of carbonyl (C=O) groups excluding carboxylic acids is 2. The summed E-state index contributed by atoms with van der Waals surface area (Å²) in [6.07, 6.45) is 0. The monoisotopic (exact) mass is 394 g/mol. The standard InChI is InChI=1S/C23H26N2O4/c1-4-29-18-12-10-16(11-13-18)20-19(21(26)17-8-6-5-7-9-17)22(27)23(28)25(20)15-14-24(2)3/h5-13,20,26H,4,14-15H2,1-3H3/b21-19-. The molecule has 0 bridgehead atoms. The lowest BCUT2D eigenvalue weighted by Gasteiger charge is -2.26. The maximum Gasteiger partial charge on any atom is 0.295 e. The molecule has 0 spiro atoms. The van der Waals surface area contributed by atoms with E-state index in [1.807, 2.05) is 56.3 Å². The Morgan fingerprint density at radius 2 is 1.72 bits per heavy atom. The third-order valence-corrected chi connectivity index (χ3v) is 4.88. The molecule has 2 aromatic rings. The Morgan fingerprint density at radius 1 is 1.07 bits per heavy atom. The summed E-state index contributed by atoms with van der Waals surface area (Å²) in [4.78, 5) is 29.2. The van der Waals surface area contributed by atoms with Crippen LogP contribution in [0.3, 0.4) is 0 Å². The van der Waals surface area contributed by atoms with E-state index in [0.717, 1.165) is 5.56 Å². The molecule has 1 unspecified atom stereocenters. The largest absolute Gasteiger partial charge is 0.507 e. The maximum absolute atomic E-state index is 12.9. The maximum atomic E-state index is 12.9. The van der Waals surface area contributed by atoms with Gasteiger partial charge >= 0.3 is 0 Å². The Hall–Kier alpha value is -3.12. The lowest BCUT2D eigenvalue weighted by molar-refractivity contribution is -0.140. The number of hydrogen-bond acceptors (Lipinski definition) is 5. The van der Waals surface area contributed by atoms with Crippen LogP contribution in [0.5, 0.6) is 5.75 Å². The van der Waals surface area contributed by atoms with Crippen LogP contribution in [-0.4, -0.2) is 60.4 Å². The molecule has 1 N–H and O–H groups in total. The minimum atomic E-state index is -0.663. The molecule has 6 nitrogen and oxygen atoms in total. The molecule has 1 heterocycles. The molecule has 1 aliphatic heterocycles. The van der Waals surface area contributed by atoms with Gasteiger partial charge in [0.1, 0.15) is 11.5 Å². The second kappa shape index (κ2) is 8.92. The van der Waals surface area contributed by atoms with Crippen molar-refractivity contribution in [2.45, 2.75) is 13.0 Å². The zero-order chi connectivity index (χ0) is 21.0. The second-order valence-corrected chi connectivity index (χ2v) is 7.16. The van der Waals surface area contributed by atoms with Gasteiger partial charge in [-0.1, -0.05) is 42.5 Å². The van der Waals surface area contributed by atoms with E-state index in [1.165, 1.54) is 4.90 Å². The lowest BCUT2D eigenvalue weighted by atomic mass is 9.95. The van der Waals surface area contributed by atoms with Crippen molar-refractivity contribution in [3.8, 4) is 5.75 Å². The van der Waals surface area contributed by atoms with Crippen LogP contribution in [0.4, 0.5) is 0 Å². The number of carbonyl (C=O) groups is 2. The third-order valence-electron chi connectivity index (χ3n) is 4.88. The highest BCUT2D eigenvalue weighted by molar-refractivity contribution is 6.46. The fraction of sp³-hybridized carbons (Fsp3) is 0.304. The fourth-order valence-electron chi connectivity index (χ4n) is 3.43. The Balaban J connectivity index is 2.09. The average molecular weight is 394 g/mol. The molecule has 29 heavy (non-hydrogen) atoms. The number of nitrogens with zero attached hydrogens (tertiary/aromatic N) is 2. The molecule has 1 saturated heterocycles. The zero-order valence-corrected chi connectivity index (χ0v) is 17.0. The van der Waals surface area contributed by atoms with Gasteiger partial charge in [0.25, 0.3) is 11.7 Å². The second-order valence-electron chi connectivity index (χ2n) is 7.16. The molecule has 0 saturated carbocycles. The predicted octanol–water partition coefficient (Wildman–Crippen LogP) is 3.07. The molecule has 6 heteroatoms. The van der Waals surface area contributed by atoms with Crippen LogP contribution in [0, 0.1) is 0 Å². The van der Waals surface area contributed by atoms with Gasteiger partial charge < -0.3 is 19.6 Å². The normalized spacial score (nSPS) is 18.5. The summed E-state index contributed by atoms with van der Waals surface area (Å²) >= 11 is 0. The number of ether oxygens (including phenoxy) is 1. The molecule has 0 aromatic heterocycles. The number of likely N-dealkylation sites (N-methyl/N-ethyl adjacent to an activating group) is 1. The number of aliphatic hydroxyl groups is 1.